The van der Waals surface area contributed by atoms with Crippen molar-refractivity contribution in [1.29, 1.82) is 0 Å². The zero-order chi connectivity index (χ0) is 14.6. The zero-order valence-corrected chi connectivity index (χ0v) is 12.2. The Kier molecular flexibility index (Phi) is 4.49. The quantitative estimate of drug-likeness (QED) is 0.777. The van der Waals surface area contributed by atoms with Crippen molar-refractivity contribution in [2.75, 3.05) is 22.8 Å². The molecule has 2 rings (SSSR count). The minimum atomic E-state index is -3.30. The van der Waals surface area contributed by atoms with Gasteiger partial charge in [0.2, 0.25) is 15.9 Å². The second-order valence-corrected chi connectivity index (χ2v) is 6.69. The molecule has 1 unspecified atom stereocenters. The van der Waals surface area contributed by atoms with Crippen LogP contribution in [0, 0.1) is 0 Å². The first-order valence-corrected chi connectivity index (χ1v) is 8.45. The largest absolute Gasteiger partial charge is 0.374 e. The molecule has 1 aromatic rings. The molecule has 1 heterocycles. The van der Waals surface area contributed by atoms with Gasteiger partial charge < -0.3 is 10.6 Å². The summed E-state index contributed by atoms with van der Waals surface area (Å²) in [6.07, 6.45) is 3.85. The normalized spacial score (nSPS) is 19.9. The number of hydrogen-bond donors (Lipinski definition) is 3. The highest BCUT2D eigenvalue weighted by molar-refractivity contribution is 7.92. The van der Waals surface area contributed by atoms with Gasteiger partial charge in [0, 0.05) is 12.2 Å². The highest BCUT2D eigenvalue weighted by Gasteiger charge is 2.20. The third kappa shape index (κ3) is 4.41. The molecule has 20 heavy (non-hydrogen) atoms. The van der Waals surface area contributed by atoms with Crippen molar-refractivity contribution in [2.45, 2.75) is 25.3 Å². The molecule has 1 saturated heterocycles. The average Bonchev–Trinajstić information content (AvgIpc) is 2.53. The van der Waals surface area contributed by atoms with Gasteiger partial charge in [-0.2, -0.15) is 0 Å². The van der Waals surface area contributed by atoms with E-state index < -0.39 is 10.0 Å². The van der Waals surface area contributed by atoms with E-state index in [1.807, 2.05) is 6.07 Å². The van der Waals surface area contributed by atoms with E-state index in [0.717, 1.165) is 31.2 Å². The fraction of sp³-hybridized carbons (Fsp3) is 0.462. The molecule has 1 aromatic carbocycles. The summed E-state index contributed by atoms with van der Waals surface area (Å²) in [6.45, 7) is 0.715. The van der Waals surface area contributed by atoms with Gasteiger partial charge in [-0.05, 0) is 37.5 Å². The van der Waals surface area contributed by atoms with Gasteiger partial charge in [-0.15, -0.1) is 0 Å². The van der Waals surface area contributed by atoms with Crippen LogP contribution in [0.5, 0.6) is 0 Å². The summed E-state index contributed by atoms with van der Waals surface area (Å²) in [7, 11) is -3.30. The average molecular weight is 297 g/mol. The van der Waals surface area contributed by atoms with E-state index in [4.69, 9.17) is 0 Å². The Balaban J connectivity index is 2.09. The Morgan fingerprint density at radius 2 is 2.00 bits per heavy atom. The molecule has 1 fully saturated rings. The van der Waals surface area contributed by atoms with Crippen molar-refractivity contribution in [3.05, 3.63) is 24.3 Å². The predicted octanol–water partition coefficient (Wildman–Crippen LogP) is 1.14. The van der Waals surface area contributed by atoms with Crippen LogP contribution in [0.1, 0.15) is 19.3 Å². The molecule has 0 aliphatic carbocycles. The maximum absolute atomic E-state index is 11.8. The van der Waals surface area contributed by atoms with E-state index >= 15 is 0 Å². The van der Waals surface area contributed by atoms with E-state index in [1.165, 1.54) is 0 Å². The molecule has 0 spiro atoms. The second-order valence-electron chi connectivity index (χ2n) is 4.94. The van der Waals surface area contributed by atoms with Crippen LogP contribution in [0.25, 0.3) is 0 Å². The molecule has 7 heteroatoms. The molecular formula is C13H19N3O3S. The Bertz CT molecular complexity index is 586. The smallest absolute Gasteiger partial charge is 0.242 e. The maximum Gasteiger partial charge on any atom is 0.242 e. The first kappa shape index (κ1) is 14.6. The van der Waals surface area contributed by atoms with Crippen molar-refractivity contribution in [3.8, 4) is 0 Å². The second kappa shape index (κ2) is 6.13. The first-order chi connectivity index (χ1) is 9.44. The summed E-state index contributed by atoms with van der Waals surface area (Å²) in [5, 5.41) is 6.00. The number of carbonyl (C=O) groups excluding carboxylic acids is 1. The Morgan fingerprint density at radius 1 is 1.25 bits per heavy atom. The number of nitrogens with one attached hydrogen (secondary N) is 3. The van der Waals surface area contributed by atoms with Crippen LogP contribution in [0.15, 0.2) is 24.3 Å². The van der Waals surface area contributed by atoms with Gasteiger partial charge in [0.15, 0.2) is 0 Å². The van der Waals surface area contributed by atoms with Gasteiger partial charge in [0.25, 0.3) is 0 Å². The molecule has 0 saturated carbocycles. The maximum atomic E-state index is 11.8. The van der Waals surface area contributed by atoms with Crippen LogP contribution in [-0.4, -0.2) is 33.2 Å². The number of amides is 1. The summed E-state index contributed by atoms with van der Waals surface area (Å²) in [4.78, 5) is 11.8. The Morgan fingerprint density at radius 3 is 2.75 bits per heavy atom. The first-order valence-electron chi connectivity index (χ1n) is 6.56. The molecular weight excluding hydrogens is 278 g/mol. The fourth-order valence-corrected chi connectivity index (χ4v) is 2.72. The molecule has 1 aliphatic rings. The molecule has 0 bridgehead atoms. The number of carbonyl (C=O) groups is 1. The zero-order valence-electron chi connectivity index (χ0n) is 11.3. The Hall–Kier alpha value is -1.76. The van der Waals surface area contributed by atoms with Crippen LogP contribution >= 0.6 is 0 Å². The van der Waals surface area contributed by atoms with Gasteiger partial charge in [-0.3, -0.25) is 9.52 Å². The van der Waals surface area contributed by atoms with Gasteiger partial charge in [0.05, 0.1) is 11.9 Å². The van der Waals surface area contributed by atoms with Crippen molar-refractivity contribution >= 4 is 27.3 Å². The predicted molar refractivity (Wildman–Crippen MR) is 79.2 cm³/mol. The van der Waals surface area contributed by atoms with E-state index in [1.54, 1.807) is 18.2 Å². The number of rotatable bonds is 4. The molecule has 1 amide bonds. The molecule has 3 N–H and O–H groups in total. The summed E-state index contributed by atoms with van der Waals surface area (Å²) >= 11 is 0. The number of hydrogen-bond acceptors (Lipinski definition) is 4. The van der Waals surface area contributed by atoms with Crippen LogP contribution in [-0.2, 0) is 14.8 Å². The topological polar surface area (TPSA) is 87.3 Å². The lowest BCUT2D eigenvalue weighted by Gasteiger charge is -2.17. The lowest BCUT2D eigenvalue weighted by Crippen LogP contribution is -2.37. The molecule has 6 nitrogen and oxygen atoms in total. The van der Waals surface area contributed by atoms with Crippen LogP contribution < -0.4 is 15.4 Å². The Labute approximate surface area is 119 Å². The fourth-order valence-electron chi connectivity index (χ4n) is 2.16. The third-order valence-corrected chi connectivity index (χ3v) is 3.65. The number of benzene rings is 1. The molecule has 0 radical (unpaired) electrons. The van der Waals surface area contributed by atoms with Gasteiger partial charge >= 0.3 is 0 Å². The summed E-state index contributed by atoms with van der Waals surface area (Å²) in [5.41, 5.74) is 1.20. The van der Waals surface area contributed by atoms with E-state index in [9.17, 15) is 13.2 Å². The molecule has 110 valence electrons. The molecule has 1 atom stereocenters. The highest BCUT2D eigenvalue weighted by Crippen LogP contribution is 2.18. The van der Waals surface area contributed by atoms with Crippen molar-refractivity contribution in [3.63, 3.8) is 0 Å². The van der Waals surface area contributed by atoms with Crippen molar-refractivity contribution in [2.24, 2.45) is 0 Å². The SMILES string of the molecule is CS(=O)(=O)Nc1cccc(NC2CCCCNC2=O)c1. The van der Waals surface area contributed by atoms with Crippen LogP contribution in [0.4, 0.5) is 11.4 Å². The highest BCUT2D eigenvalue weighted by atomic mass is 32.2. The minimum absolute atomic E-state index is 0.0102. The van der Waals surface area contributed by atoms with E-state index in [0.29, 0.717) is 12.2 Å². The third-order valence-electron chi connectivity index (χ3n) is 3.04. The van der Waals surface area contributed by atoms with E-state index in [-0.39, 0.29) is 11.9 Å². The van der Waals surface area contributed by atoms with Crippen molar-refractivity contribution in [1.82, 2.24) is 5.32 Å². The lowest BCUT2D eigenvalue weighted by molar-refractivity contribution is -0.121. The number of anilines is 2. The summed E-state index contributed by atoms with van der Waals surface area (Å²) in [5.74, 6) is -0.0102. The molecule has 1 aliphatic heterocycles. The summed E-state index contributed by atoms with van der Waals surface area (Å²) in [6, 6.07) is 6.63. The standard InChI is InChI=1S/C13H19N3O3S/c1-20(18,19)16-11-6-4-5-10(9-11)15-12-7-2-3-8-14-13(12)17/h4-6,9,12,15-16H,2-3,7-8H2,1H3,(H,14,17). The monoisotopic (exact) mass is 297 g/mol. The summed E-state index contributed by atoms with van der Waals surface area (Å²) < 4.78 is 24.8. The molecule has 0 aromatic heterocycles. The minimum Gasteiger partial charge on any atom is -0.374 e. The van der Waals surface area contributed by atoms with Crippen LogP contribution in [0.2, 0.25) is 0 Å². The van der Waals surface area contributed by atoms with Crippen molar-refractivity contribution < 1.29 is 13.2 Å². The number of sulfonamides is 1. The van der Waals surface area contributed by atoms with Crippen LogP contribution in [0.3, 0.4) is 0 Å². The van der Waals surface area contributed by atoms with Gasteiger partial charge in [-0.25, -0.2) is 8.42 Å². The van der Waals surface area contributed by atoms with Gasteiger partial charge in [0.1, 0.15) is 6.04 Å². The van der Waals surface area contributed by atoms with Gasteiger partial charge in [-0.1, -0.05) is 6.07 Å². The van der Waals surface area contributed by atoms with E-state index in [2.05, 4.69) is 15.4 Å². The lowest BCUT2D eigenvalue weighted by atomic mass is 10.1.